The lowest BCUT2D eigenvalue weighted by Gasteiger charge is -2.38. The summed E-state index contributed by atoms with van der Waals surface area (Å²) in [5.41, 5.74) is 3.35. The zero-order chi connectivity index (χ0) is 16.3. The second kappa shape index (κ2) is 5.33. The topological polar surface area (TPSA) is 30.5 Å². The van der Waals surface area contributed by atoms with Gasteiger partial charge in [-0.05, 0) is 41.7 Å². The summed E-state index contributed by atoms with van der Waals surface area (Å²) in [4.78, 5) is 0. The van der Waals surface area contributed by atoms with Gasteiger partial charge in [-0.2, -0.15) is 0 Å². The summed E-state index contributed by atoms with van der Waals surface area (Å²) < 4.78 is 11.0. The van der Waals surface area contributed by atoms with Gasteiger partial charge in [-0.3, -0.25) is 0 Å². The fourth-order valence-corrected chi connectivity index (χ4v) is 4.42. The van der Waals surface area contributed by atoms with Gasteiger partial charge >= 0.3 is 0 Å². The number of ether oxygens (including phenoxy) is 2. The minimum atomic E-state index is 0.156. The molecule has 2 aromatic carbocycles. The lowest BCUT2D eigenvalue weighted by Crippen LogP contribution is -2.29. The molecule has 3 atom stereocenters. The SMILES string of the molecule is Clc1ccc2c(c1Cl)N[C@@H](c1ccc3c(c1)OCO3)[C@H]1CC=C[C@@H]21. The van der Waals surface area contributed by atoms with E-state index in [0.29, 0.717) is 21.9 Å². The first-order valence-electron chi connectivity index (χ1n) is 8.03. The maximum Gasteiger partial charge on any atom is 0.231 e. The molecule has 0 fully saturated rings. The van der Waals surface area contributed by atoms with Crippen LogP contribution in [0.1, 0.15) is 29.5 Å². The summed E-state index contributed by atoms with van der Waals surface area (Å²) in [6.07, 6.45) is 5.58. The van der Waals surface area contributed by atoms with Gasteiger partial charge in [0.25, 0.3) is 0 Å². The van der Waals surface area contributed by atoms with Crippen molar-refractivity contribution in [2.45, 2.75) is 18.4 Å². The van der Waals surface area contributed by atoms with Crippen molar-refractivity contribution < 1.29 is 9.47 Å². The highest BCUT2D eigenvalue weighted by molar-refractivity contribution is 6.43. The highest BCUT2D eigenvalue weighted by Crippen LogP contribution is 2.53. The minimum Gasteiger partial charge on any atom is -0.454 e. The summed E-state index contributed by atoms with van der Waals surface area (Å²) in [6, 6.07) is 10.3. The largest absolute Gasteiger partial charge is 0.454 e. The molecule has 24 heavy (non-hydrogen) atoms. The molecule has 5 heteroatoms. The average molecular weight is 360 g/mol. The monoisotopic (exact) mass is 359 g/mol. The number of hydrogen-bond acceptors (Lipinski definition) is 3. The molecule has 3 aliphatic rings. The Morgan fingerprint density at radius 3 is 2.83 bits per heavy atom. The summed E-state index contributed by atoms with van der Waals surface area (Å²) in [7, 11) is 0. The van der Waals surface area contributed by atoms with Crippen molar-refractivity contribution in [1.29, 1.82) is 0 Å². The van der Waals surface area contributed by atoms with Crippen LogP contribution in [-0.2, 0) is 0 Å². The van der Waals surface area contributed by atoms with Crippen LogP contribution < -0.4 is 14.8 Å². The standard InChI is InChI=1S/C19H15Cl2NO2/c20-14-6-5-13-11-2-1-3-12(11)18(22-19(13)17(14)21)10-4-7-15-16(8-10)24-9-23-15/h1-2,4-8,11-12,18,22H,3,9H2/t11-,12+,18+/m1/s1. The van der Waals surface area contributed by atoms with Crippen molar-refractivity contribution in [1.82, 2.24) is 0 Å². The van der Waals surface area contributed by atoms with E-state index in [1.54, 1.807) is 0 Å². The molecule has 2 heterocycles. The predicted octanol–water partition coefficient (Wildman–Crippen LogP) is 5.55. The van der Waals surface area contributed by atoms with Gasteiger partial charge in [0.1, 0.15) is 0 Å². The Morgan fingerprint density at radius 1 is 1.04 bits per heavy atom. The Labute approximate surface area is 150 Å². The second-order valence-corrected chi connectivity index (χ2v) is 7.20. The summed E-state index contributed by atoms with van der Waals surface area (Å²) in [5, 5.41) is 4.80. The first-order chi connectivity index (χ1) is 11.7. The fourth-order valence-electron chi connectivity index (χ4n) is 4.04. The van der Waals surface area contributed by atoms with Gasteiger partial charge in [-0.15, -0.1) is 0 Å². The molecule has 3 nitrogen and oxygen atoms in total. The molecule has 2 aromatic rings. The van der Waals surface area contributed by atoms with Crippen LogP contribution in [0.2, 0.25) is 10.0 Å². The third-order valence-electron chi connectivity index (χ3n) is 5.18. The van der Waals surface area contributed by atoms with Crippen LogP contribution in [-0.4, -0.2) is 6.79 Å². The van der Waals surface area contributed by atoms with E-state index in [4.69, 9.17) is 32.7 Å². The van der Waals surface area contributed by atoms with Gasteiger partial charge < -0.3 is 14.8 Å². The highest BCUT2D eigenvalue weighted by atomic mass is 35.5. The van der Waals surface area contributed by atoms with Gasteiger partial charge in [-0.25, -0.2) is 0 Å². The number of anilines is 1. The lowest BCUT2D eigenvalue weighted by atomic mass is 9.77. The number of rotatable bonds is 1. The Hall–Kier alpha value is -1.84. The highest BCUT2D eigenvalue weighted by Gasteiger charge is 2.39. The van der Waals surface area contributed by atoms with Crippen molar-refractivity contribution in [3.8, 4) is 11.5 Å². The van der Waals surface area contributed by atoms with Crippen LogP contribution in [0.15, 0.2) is 42.5 Å². The average Bonchev–Trinajstić information content (AvgIpc) is 3.25. The zero-order valence-electron chi connectivity index (χ0n) is 12.8. The van der Waals surface area contributed by atoms with E-state index in [0.717, 1.165) is 23.6 Å². The minimum absolute atomic E-state index is 0.156. The van der Waals surface area contributed by atoms with E-state index in [-0.39, 0.29) is 12.8 Å². The molecule has 0 radical (unpaired) electrons. The lowest BCUT2D eigenvalue weighted by molar-refractivity contribution is 0.174. The molecular weight excluding hydrogens is 345 g/mol. The maximum atomic E-state index is 6.48. The van der Waals surface area contributed by atoms with Crippen molar-refractivity contribution in [2.75, 3.05) is 12.1 Å². The van der Waals surface area contributed by atoms with Crippen molar-refractivity contribution >= 4 is 28.9 Å². The Bertz CT molecular complexity index is 865. The number of fused-ring (bicyclic) bond motifs is 4. The number of benzene rings is 2. The molecular formula is C19H15Cl2NO2. The first-order valence-corrected chi connectivity index (χ1v) is 8.78. The van der Waals surface area contributed by atoms with E-state index in [9.17, 15) is 0 Å². The maximum absolute atomic E-state index is 6.48. The van der Waals surface area contributed by atoms with Crippen LogP contribution in [0.3, 0.4) is 0 Å². The summed E-state index contributed by atoms with van der Waals surface area (Å²) >= 11 is 12.7. The number of allylic oxidation sites excluding steroid dienone is 2. The Morgan fingerprint density at radius 2 is 1.92 bits per heavy atom. The van der Waals surface area contributed by atoms with Crippen molar-refractivity contribution in [3.63, 3.8) is 0 Å². The van der Waals surface area contributed by atoms with Gasteiger partial charge in [0.15, 0.2) is 11.5 Å². The molecule has 0 aromatic heterocycles. The van der Waals surface area contributed by atoms with Gasteiger partial charge in [-0.1, -0.05) is 47.5 Å². The third-order valence-corrected chi connectivity index (χ3v) is 5.99. The normalized spacial score (nSPS) is 26.0. The van der Waals surface area contributed by atoms with Gasteiger partial charge in [0.2, 0.25) is 6.79 Å². The molecule has 0 unspecified atom stereocenters. The molecule has 0 amide bonds. The van der Waals surface area contributed by atoms with Crippen LogP contribution >= 0.6 is 23.2 Å². The predicted molar refractivity (Wildman–Crippen MR) is 95.4 cm³/mol. The van der Waals surface area contributed by atoms with Crippen molar-refractivity contribution in [3.05, 3.63) is 63.7 Å². The van der Waals surface area contributed by atoms with Gasteiger partial charge in [0.05, 0.1) is 21.8 Å². The van der Waals surface area contributed by atoms with Crippen LogP contribution in [0, 0.1) is 5.92 Å². The van der Waals surface area contributed by atoms with Crippen LogP contribution in [0.4, 0.5) is 5.69 Å². The van der Waals surface area contributed by atoms with Gasteiger partial charge in [0, 0.05) is 5.92 Å². The number of halogens is 2. The molecule has 1 aliphatic carbocycles. The molecule has 1 N–H and O–H groups in total. The van der Waals surface area contributed by atoms with Crippen LogP contribution in [0.25, 0.3) is 0 Å². The van der Waals surface area contributed by atoms with E-state index < -0.39 is 0 Å². The summed E-state index contributed by atoms with van der Waals surface area (Å²) in [6.45, 7) is 0.286. The Kier molecular flexibility index (Phi) is 3.22. The Balaban J connectivity index is 1.61. The molecule has 2 aliphatic heterocycles. The third kappa shape index (κ3) is 2.04. The molecule has 0 spiro atoms. The quantitative estimate of drug-likeness (QED) is 0.677. The zero-order valence-corrected chi connectivity index (χ0v) is 14.3. The molecule has 5 rings (SSSR count). The van der Waals surface area contributed by atoms with E-state index in [1.807, 2.05) is 12.1 Å². The number of nitrogens with one attached hydrogen (secondary N) is 1. The second-order valence-electron chi connectivity index (χ2n) is 6.41. The molecule has 0 saturated carbocycles. The van der Waals surface area contributed by atoms with E-state index in [2.05, 4.69) is 35.7 Å². The molecule has 0 bridgehead atoms. The smallest absolute Gasteiger partial charge is 0.231 e. The molecule has 0 saturated heterocycles. The van der Waals surface area contributed by atoms with E-state index >= 15 is 0 Å². The summed E-state index contributed by atoms with van der Waals surface area (Å²) in [5.74, 6) is 2.42. The number of hydrogen-bond donors (Lipinski definition) is 1. The first kappa shape index (κ1) is 14.5. The molecule has 122 valence electrons. The van der Waals surface area contributed by atoms with Crippen molar-refractivity contribution in [2.24, 2.45) is 5.92 Å². The van der Waals surface area contributed by atoms with E-state index in [1.165, 1.54) is 11.1 Å². The fraction of sp³-hybridized carbons (Fsp3) is 0.263. The van der Waals surface area contributed by atoms with Crippen LogP contribution in [0.5, 0.6) is 11.5 Å².